The van der Waals surface area contributed by atoms with E-state index in [1.54, 1.807) is 0 Å². The Labute approximate surface area is 353 Å². The number of hydrogen-bond acceptors (Lipinski definition) is 7. The van der Waals surface area contributed by atoms with Gasteiger partial charge in [0.2, 0.25) is 0 Å². The number of carbonyl (C=O) groups excluding carboxylic acids is 1. The summed E-state index contributed by atoms with van der Waals surface area (Å²) in [5.41, 5.74) is 8.77. The predicted octanol–water partition coefficient (Wildman–Crippen LogP) is 10.3. The second-order valence-electron chi connectivity index (χ2n) is 15.6. The van der Waals surface area contributed by atoms with Gasteiger partial charge in [-0.25, -0.2) is 0 Å². The summed E-state index contributed by atoms with van der Waals surface area (Å²) in [6, 6.07) is 36.6. The number of Topliss-reactive ketones (excluding diaryl/α,β-unsaturated/α-hetero) is 1. The van der Waals surface area contributed by atoms with Crippen LogP contribution in [-0.2, 0) is 16.1 Å². The number of hydrogen-bond donors (Lipinski definition) is 1. The number of unbranched alkanes of at least 4 members (excludes halogenated alkanes) is 5. The van der Waals surface area contributed by atoms with E-state index >= 15 is 0 Å². The highest BCUT2D eigenvalue weighted by Gasteiger charge is 2.42. The molecule has 8 rings (SSSR count). The van der Waals surface area contributed by atoms with Crippen LogP contribution in [0.15, 0.2) is 108 Å². The molecule has 3 atom stereocenters. The molecule has 2 aliphatic heterocycles. The summed E-state index contributed by atoms with van der Waals surface area (Å²) >= 11 is 8.12. The molecule has 1 N–H and O–H groups in total. The zero-order chi connectivity index (χ0) is 40.2. The number of anilines is 2. The summed E-state index contributed by atoms with van der Waals surface area (Å²) in [5.74, 6) is -1.22. The van der Waals surface area contributed by atoms with Crippen LogP contribution in [0.1, 0.15) is 105 Å². The molecular weight excluding hydrogens is 777 g/mol. The maximum Gasteiger partial charge on any atom is 0.323 e. The molecule has 296 valence electrons. The number of thioether (sulfide) groups is 1. The monoisotopic (exact) mass is 824 g/mol. The number of carbonyl (C=O) groups is 2. The molecule has 9 heteroatoms. The maximum atomic E-state index is 13.9. The second-order valence-corrected chi connectivity index (χ2v) is 18.4. The number of ketones is 1. The van der Waals surface area contributed by atoms with Crippen LogP contribution >= 0.6 is 35.3 Å². The Kier molecular flexibility index (Phi) is 12.4. The molecule has 1 aromatic heterocycles. The van der Waals surface area contributed by atoms with Gasteiger partial charge in [0.25, 0.3) is 5.56 Å². The summed E-state index contributed by atoms with van der Waals surface area (Å²) in [4.78, 5) is 42.5. The van der Waals surface area contributed by atoms with Crippen molar-refractivity contribution >= 4 is 85.3 Å². The Morgan fingerprint density at radius 2 is 1.52 bits per heavy atom. The quantitative estimate of drug-likeness (QED) is 0.0679. The Morgan fingerprint density at radius 3 is 2.21 bits per heavy atom. The van der Waals surface area contributed by atoms with Gasteiger partial charge in [0.15, 0.2) is 5.78 Å². The molecule has 0 spiro atoms. The Bertz CT molecular complexity index is 2500. The lowest BCUT2D eigenvalue weighted by Gasteiger charge is -2.27. The first kappa shape index (κ1) is 40.0. The molecule has 3 unspecified atom stereocenters. The van der Waals surface area contributed by atoms with Crippen molar-refractivity contribution in [2.75, 3.05) is 4.90 Å². The van der Waals surface area contributed by atoms with E-state index in [9.17, 15) is 19.5 Å². The van der Waals surface area contributed by atoms with Crippen LogP contribution in [0, 0.1) is 5.92 Å². The summed E-state index contributed by atoms with van der Waals surface area (Å²) in [6.45, 7) is 1.68. The standard InChI is InChI=1S/C49H48N2O4S3/c1-2-3-4-5-6-13-19-38-45(54)46(58-49(38)56)48-50(31-44(52)53)47(55)43(57-48)30-33-24-27-42-40(29-33)37-20-14-21-41(37)51(42)36-25-22-32(23-26-36)28-39(34-15-9-7-10-16-34)35-17-11-8-12-18-35/h7-12,15-18,22-30,37-38,41H,2-6,13-14,19-21,31H2,1H3,(H,52,53)/b43-30-,48-46+. The van der Waals surface area contributed by atoms with E-state index < -0.39 is 18.1 Å². The van der Waals surface area contributed by atoms with Gasteiger partial charge in [-0.1, -0.05) is 155 Å². The number of carboxylic acids is 1. The van der Waals surface area contributed by atoms with Gasteiger partial charge in [0.05, 0.1) is 19.6 Å². The average Bonchev–Trinajstić information content (AvgIpc) is 3.98. The first-order valence-corrected chi connectivity index (χ1v) is 22.6. The fourth-order valence-corrected chi connectivity index (χ4v) is 11.7. The third kappa shape index (κ3) is 8.35. The molecule has 1 saturated carbocycles. The zero-order valence-electron chi connectivity index (χ0n) is 32.8. The second kappa shape index (κ2) is 18.0. The number of aromatic nitrogens is 1. The van der Waals surface area contributed by atoms with Gasteiger partial charge in [0, 0.05) is 23.3 Å². The highest BCUT2D eigenvalue weighted by atomic mass is 32.2. The molecule has 2 fully saturated rings. The predicted molar refractivity (Wildman–Crippen MR) is 244 cm³/mol. The van der Waals surface area contributed by atoms with E-state index in [1.165, 1.54) is 74.9 Å². The number of benzene rings is 4. The van der Waals surface area contributed by atoms with Gasteiger partial charge in [-0.3, -0.25) is 19.0 Å². The number of aliphatic carboxylic acids is 1. The van der Waals surface area contributed by atoms with Crippen molar-refractivity contribution in [3.63, 3.8) is 0 Å². The van der Waals surface area contributed by atoms with Gasteiger partial charge in [-0.05, 0) is 89.1 Å². The minimum Gasteiger partial charge on any atom is -0.480 e. The lowest BCUT2D eigenvalue weighted by atomic mass is 9.95. The van der Waals surface area contributed by atoms with Crippen molar-refractivity contribution in [2.45, 2.75) is 89.6 Å². The largest absolute Gasteiger partial charge is 0.480 e. The number of nitrogens with zero attached hydrogens (tertiary/aromatic N) is 2. The molecule has 58 heavy (non-hydrogen) atoms. The Morgan fingerprint density at radius 1 is 0.845 bits per heavy atom. The molecule has 0 amide bonds. The van der Waals surface area contributed by atoms with Crippen molar-refractivity contribution in [3.8, 4) is 0 Å². The number of rotatable bonds is 14. The Hall–Kier alpha value is -4.83. The van der Waals surface area contributed by atoms with Crippen molar-refractivity contribution in [1.82, 2.24) is 4.57 Å². The minimum atomic E-state index is -1.13. The van der Waals surface area contributed by atoms with Crippen molar-refractivity contribution in [2.24, 2.45) is 5.92 Å². The van der Waals surface area contributed by atoms with Gasteiger partial charge in [0.1, 0.15) is 11.2 Å². The summed E-state index contributed by atoms with van der Waals surface area (Å²) in [5, 5.41) is 9.79. The van der Waals surface area contributed by atoms with E-state index in [0.29, 0.717) is 36.7 Å². The van der Waals surface area contributed by atoms with Crippen LogP contribution < -0.4 is 19.7 Å². The smallest absolute Gasteiger partial charge is 0.323 e. The number of thiazole rings is 1. The van der Waals surface area contributed by atoms with Crippen LogP contribution in [0.5, 0.6) is 0 Å². The number of carboxylic acid groups (broad SMARTS) is 1. The van der Waals surface area contributed by atoms with E-state index in [0.717, 1.165) is 55.3 Å². The molecule has 0 bridgehead atoms. The van der Waals surface area contributed by atoms with Gasteiger partial charge in [-0.15, -0.1) is 11.3 Å². The fourth-order valence-electron chi connectivity index (χ4n) is 8.90. The topological polar surface area (TPSA) is 79.6 Å². The highest BCUT2D eigenvalue weighted by Crippen LogP contribution is 2.52. The van der Waals surface area contributed by atoms with Crippen LogP contribution in [0.25, 0.3) is 22.6 Å². The van der Waals surface area contributed by atoms with E-state index in [-0.39, 0.29) is 11.7 Å². The third-order valence-electron chi connectivity index (χ3n) is 11.7. The number of thiocarbonyl (C=S) groups is 1. The molecular formula is C49H48N2O4S3. The molecule has 1 saturated heterocycles. The molecule has 1 aliphatic carbocycles. The SMILES string of the molecule is CCCCCCCCC1C(=O)/C(=c2\s/c(=C\c3ccc4c(c3)C3CCCC3N4c3ccc(C=C(c4ccccc4)c4ccccc4)cc3)c(=O)n2CC(=O)O)SC1=S. The van der Waals surface area contributed by atoms with Crippen molar-refractivity contribution in [1.29, 1.82) is 0 Å². The van der Waals surface area contributed by atoms with Gasteiger partial charge >= 0.3 is 5.97 Å². The van der Waals surface area contributed by atoms with Gasteiger partial charge < -0.3 is 10.0 Å². The normalized spacial score (nSPS) is 19.8. The average molecular weight is 825 g/mol. The summed E-state index contributed by atoms with van der Waals surface area (Å²) in [6.07, 6.45) is 14.9. The zero-order valence-corrected chi connectivity index (χ0v) is 35.2. The van der Waals surface area contributed by atoms with E-state index in [1.807, 2.05) is 24.3 Å². The fraction of sp³-hybridized carbons (Fsp3) is 0.306. The lowest BCUT2D eigenvalue weighted by Crippen LogP contribution is -2.35. The first-order valence-electron chi connectivity index (χ1n) is 20.6. The molecule has 6 nitrogen and oxygen atoms in total. The van der Waals surface area contributed by atoms with Crippen molar-refractivity contribution < 1.29 is 14.7 Å². The van der Waals surface area contributed by atoms with Crippen molar-refractivity contribution in [3.05, 3.63) is 150 Å². The van der Waals surface area contributed by atoms with Crippen LogP contribution in [-0.4, -0.2) is 31.7 Å². The maximum absolute atomic E-state index is 13.9. The van der Waals surface area contributed by atoms with Crippen LogP contribution in [0.2, 0.25) is 0 Å². The van der Waals surface area contributed by atoms with Crippen LogP contribution in [0.3, 0.4) is 0 Å². The molecule has 5 aromatic rings. The van der Waals surface area contributed by atoms with E-state index in [4.69, 9.17) is 12.2 Å². The third-order valence-corrected chi connectivity index (χ3v) is 14.6. The Balaban J connectivity index is 1.09. The summed E-state index contributed by atoms with van der Waals surface area (Å²) in [7, 11) is 0. The molecule has 3 heterocycles. The lowest BCUT2D eigenvalue weighted by molar-refractivity contribution is -0.137. The highest BCUT2D eigenvalue weighted by molar-refractivity contribution is 8.30. The van der Waals surface area contributed by atoms with E-state index in [2.05, 4.69) is 103 Å². The van der Waals surface area contributed by atoms with Gasteiger partial charge in [-0.2, -0.15) is 0 Å². The first-order chi connectivity index (χ1) is 28.3. The molecule has 4 aromatic carbocycles. The molecule has 3 aliphatic rings. The summed E-state index contributed by atoms with van der Waals surface area (Å²) < 4.78 is 2.67. The minimum absolute atomic E-state index is 0.0859. The van der Waals surface area contributed by atoms with Crippen LogP contribution in [0.4, 0.5) is 11.4 Å². The molecule has 0 radical (unpaired) electrons. The number of fused-ring (bicyclic) bond motifs is 3.